The first-order chi connectivity index (χ1) is 17.6. The van der Waals surface area contributed by atoms with Crippen LogP contribution in [0, 0.1) is 11.8 Å². The molecule has 1 atom stereocenters. The number of methoxy groups -OCH3 is 1. The molecule has 2 aromatic carbocycles. The lowest BCUT2D eigenvalue weighted by Crippen LogP contribution is -2.60. The van der Waals surface area contributed by atoms with Crippen molar-refractivity contribution in [1.29, 1.82) is 0 Å². The molecule has 36 heavy (non-hydrogen) atoms. The van der Waals surface area contributed by atoms with Crippen molar-refractivity contribution in [3.63, 3.8) is 0 Å². The van der Waals surface area contributed by atoms with E-state index < -0.39 is 0 Å². The minimum Gasteiger partial charge on any atom is -0.491 e. The zero-order valence-corrected chi connectivity index (χ0v) is 20.1. The molecule has 0 unspecified atom stereocenters. The largest absolute Gasteiger partial charge is 0.491 e. The summed E-state index contributed by atoms with van der Waals surface area (Å²) in [7, 11) is 1.61. The van der Waals surface area contributed by atoms with Crippen LogP contribution in [0.4, 0.5) is 0 Å². The number of benzene rings is 2. The average Bonchev–Trinajstić information content (AvgIpc) is 3.46. The molecule has 8 nitrogen and oxygen atoms in total. The molecule has 0 saturated carbocycles. The van der Waals surface area contributed by atoms with Gasteiger partial charge in [0.05, 0.1) is 18.8 Å². The Morgan fingerprint density at radius 1 is 1.11 bits per heavy atom. The Morgan fingerprint density at radius 3 is 2.72 bits per heavy atom. The van der Waals surface area contributed by atoms with Gasteiger partial charge >= 0.3 is 0 Å². The van der Waals surface area contributed by atoms with Crippen LogP contribution in [0.25, 0.3) is 28.2 Å². The minimum atomic E-state index is -0.114. The minimum absolute atomic E-state index is 0.0779. The van der Waals surface area contributed by atoms with Gasteiger partial charge in [0.25, 0.3) is 5.91 Å². The summed E-state index contributed by atoms with van der Waals surface area (Å²) >= 11 is 0. The average molecular weight is 480 g/mol. The van der Waals surface area contributed by atoms with Gasteiger partial charge in [-0.05, 0) is 25.0 Å². The molecule has 1 amide bonds. The van der Waals surface area contributed by atoms with E-state index in [4.69, 9.17) is 14.5 Å². The van der Waals surface area contributed by atoms with Crippen molar-refractivity contribution in [2.75, 3.05) is 26.8 Å². The summed E-state index contributed by atoms with van der Waals surface area (Å²) in [5.41, 5.74) is 5.54. The van der Waals surface area contributed by atoms with Gasteiger partial charge in [-0.1, -0.05) is 48.4 Å². The van der Waals surface area contributed by atoms with Crippen molar-refractivity contribution in [1.82, 2.24) is 24.8 Å². The van der Waals surface area contributed by atoms with Gasteiger partial charge in [-0.15, -0.1) is 5.10 Å². The molecule has 4 aromatic rings. The van der Waals surface area contributed by atoms with Crippen LogP contribution in [-0.4, -0.2) is 58.3 Å². The third-order valence-electron chi connectivity index (χ3n) is 6.61. The number of fused-ring (bicyclic) bond motifs is 2. The fraction of sp³-hybridized carbons (Fsp3) is 0.250. The number of nitrogens with one attached hydrogen (secondary N) is 1. The van der Waals surface area contributed by atoms with Crippen molar-refractivity contribution in [3.05, 3.63) is 66.2 Å². The number of nitrogens with zero attached hydrogens (tertiary/aromatic N) is 4. The molecule has 0 aliphatic carbocycles. The van der Waals surface area contributed by atoms with Crippen LogP contribution in [0.15, 0.2) is 60.7 Å². The summed E-state index contributed by atoms with van der Waals surface area (Å²) in [6, 6.07) is 20.4. The van der Waals surface area contributed by atoms with E-state index in [1.807, 2.05) is 34.8 Å². The Labute approximate surface area is 208 Å². The van der Waals surface area contributed by atoms with Gasteiger partial charge in [0.15, 0.2) is 5.65 Å². The van der Waals surface area contributed by atoms with Crippen LogP contribution in [-0.2, 0) is 4.79 Å². The van der Waals surface area contributed by atoms with E-state index in [-0.39, 0.29) is 18.0 Å². The van der Waals surface area contributed by atoms with Crippen LogP contribution in [0.3, 0.4) is 0 Å². The summed E-state index contributed by atoms with van der Waals surface area (Å²) in [4.78, 5) is 18.6. The molecule has 180 valence electrons. The number of hydrogen-bond donors (Lipinski definition) is 1. The first-order valence-corrected chi connectivity index (χ1v) is 11.9. The Kier molecular flexibility index (Phi) is 5.55. The number of ether oxygens (including phenoxy) is 2. The first kappa shape index (κ1) is 22.1. The summed E-state index contributed by atoms with van der Waals surface area (Å²) in [6.45, 7) is 3.55. The maximum Gasteiger partial charge on any atom is 0.298 e. The Bertz CT molecular complexity index is 1510. The van der Waals surface area contributed by atoms with E-state index in [2.05, 4.69) is 52.6 Å². The molecule has 6 rings (SSSR count). The molecule has 2 aliphatic heterocycles. The number of carbonyl (C=O) groups excluding carboxylic acids is 1. The van der Waals surface area contributed by atoms with Crippen LogP contribution in [0.5, 0.6) is 11.6 Å². The van der Waals surface area contributed by atoms with Gasteiger partial charge in [-0.2, -0.15) is 0 Å². The summed E-state index contributed by atoms with van der Waals surface area (Å²) in [5.74, 6) is 6.51. The highest BCUT2D eigenvalue weighted by Crippen LogP contribution is 2.39. The summed E-state index contributed by atoms with van der Waals surface area (Å²) in [5, 5.41) is 8.25. The topological polar surface area (TPSA) is 81.0 Å². The van der Waals surface area contributed by atoms with Crippen LogP contribution in [0.1, 0.15) is 18.5 Å². The van der Waals surface area contributed by atoms with Crippen LogP contribution >= 0.6 is 0 Å². The highest BCUT2D eigenvalue weighted by Gasteiger charge is 2.34. The van der Waals surface area contributed by atoms with E-state index >= 15 is 0 Å². The molecule has 0 spiro atoms. The SMILES string of the molecule is CC#CC(=O)N1CC(N[C@H]2COc3cc(-c4nc5ccc(OC)nn5c4-c4ccccc4)ccc32)C1. The molecular formula is C28H25N5O3. The lowest BCUT2D eigenvalue weighted by atomic mass is 10.00. The normalized spacial score (nSPS) is 16.6. The quantitative estimate of drug-likeness (QED) is 0.443. The number of amides is 1. The predicted octanol–water partition coefficient (Wildman–Crippen LogP) is 3.33. The molecular weight excluding hydrogens is 454 g/mol. The second kappa shape index (κ2) is 9.02. The maximum atomic E-state index is 11.9. The van der Waals surface area contributed by atoms with E-state index in [1.165, 1.54) is 0 Å². The van der Waals surface area contributed by atoms with Gasteiger partial charge in [-0.3, -0.25) is 4.79 Å². The fourth-order valence-electron chi connectivity index (χ4n) is 4.80. The summed E-state index contributed by atoms with van der Waals surface area (Å²) in [6.07, 6.45) is 0. The number of aromatic nitrogens is 3. The molecule has 1 saturated heterocycles. The zero-order valence-electron chi connectivity index (χ0n) is 20.1. The molecule has 0 radical (unpaired) electrons. The molecule has 1 N–H and O–H groups in total. The number of imidazole rings is 1. The van der Waals surface area contributed by atoms with Gasteiger partial charge in [0.1, 0.15) is 18.1 Å². The molecule has 0 bridgehead atoms. The molecule has 8 heteroatoms. The number of carbonyl (C=O) groups is 1. The lowest BCUT2D eigenvalue weighted by molar-refractivity contribution is -0.129. The van der Waals surface area contributed by atoms with E-state index in [0.717, 1.165) is 39.5 Å². The monoisotopic (exact) mass is 479 g/mol. The second-order valence-corrected chi connectivity index (χ2v) is 8.89. The van der Waals surface area contributed by atoms with E-state index in [9.17, 15) is 4.79 Å². The first-order valence-electron chi connectivity index (χ1n) is 11.9. The van der Waals surface area contributed by atoms with Gasteiger partial charge in [-0.25, -0.2) is 9.50 Å². The van der Waals surface area contributed by atoms with Crippen molar-refractivity contribution in [2.24, 2.45) is 0 Å². The maximum absolute atomic E-state index is 11.9. The van der Waals surface area contributed by atoms with Crippen molar-refractivity contribution >= 4 is 11.6 Å². The van der Waals surface area contributed by atoms with Gasteiger partial charge < -0.3 is 19.7 Å². The lowest BCUT2D eigenvalue weighted by Gasteiger charge is -2.39. The second-order valence-electron chi connectivity index (χ2n) is 8.89. The Balaban J connectivity index is 1.30. The molecule has 1 fully saturated rings. The number of likely N-dealkylation sites (tertiary alicyclic amines) is 1. The molecule has 2 aromatic heterocycles. The smallest absolute Gasteiger partial charge is 0.298 e. The third kappa shape index (κ3) is 3.84. The van der Waals surface area contributed by atoms with Crippen molar-refractivity contribution in [3.8, 4) is 46.0 Å². The van der Waals surface area contributed by atoms with E-state index in [1.54, 1.807) is 18.9 Å². The molecule has 4 heterocycles. The Morgan fingerprint density at radius 2 is 1.94 bits per heavy atom. The van der Waals surface area contributed by atoms with Gasteiger partial charge in [0.2, 0.25) is 5.88 Å². The Hall–Kier alpha value is -4.35. The standard InChI is InChI=1S/C28H25N5O3/c1-3-7-26(34)32-15-20(16-32)29-22-17-36-23-14-19(10-11-21(22)23)27-28(18-8-5-4-6-9-18)33-24(30-27)12-13-25(31-33)35-2/h4-6,8-14,20,22,29H,15-17H2,1-2H3/t22-/m0/s1. The summed E-state index contributed by atoms with van der Waals surface area (Å²) < 4.78 is 13.3. The highest BCUT2D eigenvalue weighted by molar-refractivity contribution is 5.94. The fourth-order valence-corrected chi connectivity index (χ4v) is 4.80. The predicted molar refractivity (Wildman–Crippen MR) is 136 cm³/mol. The van der Waals surface area contributed by atoms with Crippen LogP contribution < -0.4 is 14.8 Å². The number of rotatable bonds is 5. The highest BCUT2D eigenvalue weighted by atomic mass is 16.5. The molecule has 2 aliphatic rings. The van der Waals surface area contributed by atoms with Crippen LogP contribution in [0.2, 0.25) is 0 Å². The van der Waals surface area contributed by atoms with Crippen molar-refractivity contribution in [2.45, 2.75) is 19.0 Å². The third-order valence-corrected chi connectivity index (χ3v) is 6.61. The van der Waals surface area contributed by atoms with Crippen molar-refractivity contribution < 1.29 is 14.3 Å². The van der Waals surface area contributed by atoms with Gasteiger partial charge in [0, 0.05) is 41.9 Å². The zero-order chi connectivity index (χ0) is 24.6. The van der Waals surface area contributed by atoms with E-state index in [0.29, 0.717) is 25.6 Å². The number of hydrogen-bond acceptors (Lipinski definition) is 6.